The van der Waals surface area contributed by atoms with Crippen molar-refractivity contribution in [2.75, 3.05) is 18.8 Å². The lowest BCUT2D eigenvalue weighted by Gasteiger charge is -2.22. The topological polar surface area (TPSA) is 106 Å². The highest BCUT2D eigenvalue weighted by Gasteiger charge is 2.20. The highest BCUT2D eigenvalue weighted by atomic mass is 32.2. The van der Waals surface area contributed by atoms with Crippen LogP contribution in [0.2, 0.25) is 0 Å². The number of rotatable bonds is 8. The number of aryl methyl sites for hydroxylation is 2. The van der Waals surface area contributed by atoms with Gasteiger partial charge in [0.05, 0.1) is 16.8 Å². The molecular formula is C28H32N4O4S. The summed E-state index contributed by atoms with van der Waals surface area (Å²) < 4.78 is 33.1. The summed E-state index contributed by atoms with van der Waals surface area (Å²) in [6.45, 7) is 3.81. The van der Waals surface area contributed by atoms with Crippen molar-refractivity contribution in [3.63, 3.8) is 0 Å². The van der Waals surface area contributed by atoms with Gasteiger partial charge in [-0.05, 0) is 81.1 Å². The maximum atomic E-state index is 12.7. The Morgan fingerprint density at radius 2 is 1.92 bits per heavy atom. The maximum absolute atomic E-state index is 12.7. The molecule has 0 spiro atoms. The summed E-state index contributed by atoms with van der Waals surface area (Å²) in [5.74, 6) is 1.78. The second kappa shape index (κ2) is 10.5. The van der Waals surface area contributed by atoms with Gasteiger partial charge in [-0.3, -0.25) is 9.78 Å². The first-order chi connectivity index (χ1) is 17.9. The number of H-pyrrole nitrogens is 1. The Morgan fingerprint density at radius 1 is 1.11 bits per heavy atom. The lowest BCUT2D eigenvalue weighted by molar-refractivity contribution is 0.353. The zero-order valence-electron chi connectivity index (χ0n) is 21.2. The number of fused-ring (bicyclic) bond motifs is 1. The largest absolute Gasteiger partial charge is 0.455 e. The van der Waals surface area contributed by atoms with Crippen molar-refractivity contribution >= 4 is 20.7 Å². The number of aromatic nitrogens is 3. The molecule has 0 atom stereocenters. The van der Waals surface area contributed by atoms with Gasteiger partial charge in [-0.2, -0.15) is 0 Å². The molecule has 0 unspecified atom stereocenters. The minimum atomic E-state index is -3.45. The highest BCUT2D eigenvalue weighted by Crippen LogP contribution is 2.38. The van der Waals surface area contributed by atoms with Gasteiger partial charge >= 0.3 is 0 Å². The molecule has 1 aromatic carbocycles. The third kappa shape index (κ3) is 5.33. The summed E-state index contributed by atoms with van der Waals surface area (Å²) in [6.07, 6.45) is 9.63. The Hall–Kier alpha value is -3.43. The second-order valence-corrected chi connectivity index (χ2v) is 11.9. The predicted molar refractivity (Wildman–Crippen MR) is 145 cm³/mol. The molecule has 9 heteroatoms. The van der Waals surface area contributed by atoms with Crippen molar-refractivity contribution in [1.82, 2.24) is 19.9 Å². The number of nitrogens with one attached hydrogen (secondary N) is 2. The molecule has 1 fully saturated rings. The van der Waals surface area contributed by atoms with E-state index in [2.05, 4.69) is 15.3 Å². The van der Waals surface area contributed by atoms with E-state index in [0.717, 1.165) is 37.5 Å². The number of piperidine rings is 1. The molecule has 3 aromatic heterocycles. The summed E-state index contributed by atoms with van der Waals surface area (Å²) in [5, 5.41) is 4.10. The maximum Gasteiger partial charge on any atom is 0.274 e. The monoisotopic (exact) mass is 520 g/mol. The van der Waals surface area contributed by atoms with Gasteiger partial charge in [-0.15, -0.1) is 0 Å². The lowest BCUT2D eigenvalue weighted by Crippen LogP contribution is -2.27. The average Bonchev–Trinajstić information content (AvgIpc) is 3.42. The molecule has 8 nitrogen and oxygen atoms in total. The molecule has 2 N–H and O–H groups in total. The van der Waals surface area contributed by atoms with Crippen LogP contribution >= 0.6 is 0 Å². The van der Waals surface area contributed by atoms with Crippen LogP contribution in [0, 0.1) is 5.92 Å². The van der Waals surface area contributed by atoms with Gasteiger partial charge in [0.2, 0.25) is 0 Å². The van der Waals surface area contributed by atoms with Crippen LogP contribution in [0.25, 0.3) is 22.0 Å². The van der Waals surface area contributed by atoms with Crippen molar-refractivity contribution in [1.29, 1.82) is 0 Å². The molecule has 194 valence electrons. The second-order valence-electron chi connectivity index (χ2n) is 9.61. The Morgan fingerprint density at radius 3 is 2.65 bits per heavy atom. The van der Waals surface area contributed by atoms with Gasteiger partial charge in [0, 0.05) is 41.6 Å². The average molecular weight is 521 g/mol. The van der Waals surface area contributed by atoms with Crippen LogP contribution in [0.3, 0.4) is 0 Å². The fourth-order valence-electron chi connectivity index (χ4n) is 4.92. The zero-order chi connectivity index (χ0) is 26.0. The summed E-state index contributed by atoms with van der Waals surface area (Å²) >= 11 is 0. The van der Waals surface area contributed by atoms with Gasteiger partial charge in [-0.25, -0.2) is 8.42 Å². The van der Waals surface area contributed by atoms with Crippen molar-refractivity contribution in [3.8, 4) is 22.6 Å². The fraction of sp³-hybridized carbons (Fsp3) is 0.357. The van der Waals surface area contributed by atoms with Gasteiger partial charge < -0.3 is 19.6 Å². The minimum absolute atomic E-state index is 0.0117. The fourth-order valence-corrected chi connectivity index (χ4v) is 5.83. The number of hydrogen-bond acceptors (Lipinski definition) is 6. The highest BCUT2D eigenvalue weighted by molar-refractivity contribution is 7.91. The van der Waals surface area contributed by atoms with E-state index in [1.165, 1.54) is 17.4 Å². The normalized spacial score (nSPS) is 14.8. The lowest BCUT2D eigenvalue weighted by atomic mass is 9.92. The Labute approximate surface area is 216 Å². The summed E-state index contributed by atoms with van der Waals surface area (Å²) in [7, 11) is -1.77. The minimum Gasteiger partial charge on any atom is -0.455 e. The van der Waals surface area contributed by atoms with Gasteiger partial charge in [0.15, 0.2) is 9.84 Å². The first-order valence-corrected chi connectivity index (χ1v) is 14.4. The van der Waals surface area contributed by atoms with Gasteiger partial charge in [0.1, 0.15) is 17.0 Å². The first-order valence-electron chi connectivity index (χ1n) is 12.7. The number of hydrogen-bond donors (Lipinski definition) is 2. The van der Waals surface area contributed by atoms with E-state index in [1.54, 1.807) is 50.8 Å². The number of aromatic amines is 1. The van der Waals surface area contributed by atoms with Crippen LogP contribution in [-0.4, -0.2) is 41.8 Å². The number of pyridine rings is 2. The van der Waals surface area contributed by atoms with Gasteiger partial charge in [-0.1, -0.05) is 6.92 Å². The van der Waals surface area contributed by atoms with Crippen LogP contribution in [0.4, 0.5) is 0 Å². The van der Waals surface area contributed by atoms with Crippen LogP contribution in [0.15, 0.2) is 64.7 Å². The van der Waals surface area contributed by atoms with Crippen molar-refractivity contribution in [2.24, 2.45) is 13.0 Å². The van der Waals surface area contributed by atoms with E-state index >= 15 is 0 Å². The van der Waals surface area contributed by atoms with Crippen molar-refractivity contribution in [3.05, 3.63) is 71.0 Å². The molecular weight excluding hydrogens is 488 g/mol. The van der Waals surface area contributed by atoms with E-state index in [9.17, 15) is 13.2 Å². The Bertz CT molecular complexity index is 1570. The van der Waals surface area contributed by atoms with Gasteiger partial charge in [0.25, 0.3) is 5.56 Å². The molecule has 0 bridgehead atoms. The molecule has 37 heavy (non-hydrogen) atoms. The number of benzene rings is 1. The van der Waals surface area contributed by atoms with E-state index in [0.29, 0.717) is 33.5 Å². The van der Waals surface area contributed by atoms with Crippen molar-refractivity contribution < 1.29 is 13.2 Å². The SMILES string of the molecule is CCS(=O)(=O)c1ccc(Oc2ccc(CCC3CCNCC3)nc2)c(-c2cn(C)c(=O)c3[nH]ccc23)c1. The molecule has 1 saturated heterocycles. The predicted octanol–water partition coefficient (Wildman–Crippen LogP) is 4.45. The molecule has 1 aliphatic rings. The van der Waals surface area contributed by atoms with Crippen LogP contribution < -0.4 is 15.6 Å². The van der Waals surface area contributed by atoms with E-state index in [-0.39, 0.29) is 16.2 Å². The van der Waals surface area contributed by atoms with E-state index in [1.807, 2.05) is 18.2 Å². The summed E-state index contributed by atoms with van der Waals surface area (Å²) in [4.78, 5) is 20.4. The molecule has 0 aliphatic carbocycles. The molecule has 0 amide bonds. The Kier molecular flexibility index (Phi) is 7.17. The third-order valence-electron chi connectivity index (χ3n) is 7.17. The number of ether oxygens (including phenoxy) is 1. The first kappa shape index (κ1) is 25.2. The Balaban J connectivity index is 1.48. The van der Waals surface area contributed by atoms with Crippen molar-refractivity contribution in [2.45, 2.75) is 37.5 Å². The standard InChI is InChI=1S/C28H32N4O4S/c1-3-37(34,35)22-8-9-26(24(16-22)25-18-32(2)28(33)27-23(25)12-15-30-27)36-21-7-6-20(31-17-21)5-4-19-10-13-29-14-11-19/h6-9,12,15-19,29-30H,3-5,10-11,13-14H2,1-2H3. The number of sulfone groups is 1. The summed E-state index contributed by atoms with van der Waals surface area (Å²) in [5.41, 5.74) is 2.61. The van der Waals surface area contributed by atoms with E-state index in [4.69, 9.17) is 4.74 Å². The third-order valence-corrected chi connectivity index (χ3v) is 8.90. The molecule has 0 saturated carbocycles. The van der Waals surface area contributed by atoms with Crippen LogP contribution in [-0.2, 0) is 23.3 Å². The zero-order valence-corrected chi connectivity index (χ0v) is 22.0. The van der Waals surface area contributed by atoms with Crippen LogP contribution in [0.5, 0.6) is 11.5 Å². The quantitative estimate of drug-likeness (QED) is 0.356. The van der Waals surface area contributed by atoms with E-state index < -0.39 is 9.84 Å². The van der Waals surface area contributed by atoms with Crippen LogP contribution in [0.1, 0.15) is 31.9 Å². The smallest absolute Gasteiger partial charge is 0.274 e. The number of nitrogens with zero attached hydrogens (tertiary/aromatic N) is 2. The molecule has 4 aromatic rings. The molecule has 5 rings (SSSR count). The molecule has 0 radical (unpaired) electrons. The summed E-state index contributed by atoms with van der Waals surface area (Å²) in [6, 6.07) is 10.6. The molecule has 1 aliphatic heterocycles. The molecule has 4 heterocycles.